The highest BCUT2D eigenvalue weighted by Gasteiger charge is 2.40. The van der Waals surface area contributed by atoms with Crippen LogP contribution < -0.4 is 16.0 Å². The number of hydrogen-bond donors (Lipinski definition) is 3. The number of dihydropyridines is 1. The second-order valence-corrected chi connectivity index (χ2v) is 6.84. The van der Waals surface area contributed by atoms with Crippen LogP contribution in [-0.4, -0.2) is 53.8 Å². The highest BCUT2D eigenvalue weighted by atomic mass is 19.4. The first-order chi connectivity index (χ1) is 13.9. The summed E-state index contributed by atoms with van der Waals surface area (Å²) >= 11 is 0. The number of rotatable bonds is 4. The van der Waals surface area contributed by atoms with Gasteiger partial charge in [0.05, 0.1) is 28.0 Å². The van der Waals surface area contributed by atoms with E-state index < -0.39 is 17.6 Å². The van der Waals surface area contributed by atoms with Crippen molar-refractivity contribution in [2.75, 3.05) is 32.7 Å². The molecule has 6 nitrogen and oxygen atoms in total. The molecule has 2 aliphatic rings. The van der Waals surface area contributed by atoms with E-state index in [1.165, 1.54) is 24.7 Å². The number of benzene rings is 1. The summed E-state index contributed by atoms with van der Waals surface area (Å²) in [5.74, 6) is -0.487. The van der Waals surface area contributed by atoms with E-state index in [0.717, 1.165) is 0 Å². The Labute approximate surface area is 164 Å². The Bertz CT molecular complexity index is 963. The summed E-state index contributed by atoms with van der Waals surface area (Å²) in [5.41, 5.74) is 1.04. The zero-order valence-electron chi connectivity index (χ0n) is 15.5. The van der Waals surface area contributed by atoms with Crippen LogP contribution >= 0.6 is 0 Å². The molecule has 0 bridgehead atoms. The molecule has 3 N–H and O–H groups in total. The van der Waals surface area contributed by atoms with Crippen LogP contribution in [0.15, 0.2) is 47.7 Å². The highest BCUT2D eigenvalue weighted by Crippen LogP contribution is 2.33. The molecule has 0 unspecified atom stereocenters. The smallest absolute Gasteiger partial charge is 0.385 e. The van der Waals surface area contributed by atoms with E-state index in [-0.39, 0.29) is 18.8 Å². The summed E-state index contributed by atoms with van der Waals surface area (Å²) in [6.45, 7) is 1.86. The SMILES string of the molecule is Fc1cc2nccnc2cc1CNC1=CNCC(C(F)(F)F)=C1N1CCNCC1. The van der Waals surface area contributed by atoms with Crippen LogP contribution in [0.4, 0.5) is 17.6 Å². The minimum Gasteiger partial charge on any atom is -0.385 e. The van der Waals surface area contributed by atoms with Crippen LogP contribution in [-0.2, 0) is 6.54 Å². The second kappa shape index (κ2) is 7.86. The van der Waals surface area contributed by atoms with Gasteiger partial charge in [-0.2, -0.15) is 13.2 Å². The van der Waals surface area contributed by atoms with Crippen molar-refractivity contribution in [2.24, 2.45) is 0 Å². The van der Waals surface area contributed by atoms with Gasteiger partial charge in [-0.05, 0) is 6.07 Å². The Morgan fingerprint density at radius 3 is 2.45 bits per heavy atom. The third-order valence-electron chi connectivity index (χ3n) is 4.95. The van der Waals surface area contributed by atoms with Crippen molar-refractivity contribution in [2.45, 2.75) is 12.7 Å². The molecule has 1 aromatic heterocycles. The summed E-state index contributed by atoms with van der Waals surface area (Å²) in [7, 11) is 0. The van der Waals surface area contributed by atoms with Crippen molar-refractivity contribution >= 4 is 11.0 Å². The topological polar surface area (TPSA) is 65.1 Å². The van der Waals surface area contributed by atoms with E-state index in [1.807, 2.05) is 0 Å². The molecule has 29 heavy (non-hydrogen) atoms. The van der Waals surface area contributed by atoms with Gasteiger partial charge in [0, 0.05) is 69.5 Å². The first-order valence-corrected chi connectivity index (χ1v) is 9.26. The minimum atomic E-state index is -4.46. The summed E-state index contributed by atoms with van der Waals surface area (Å²) in [4.78, 5) is 9.93. The highest BCUT2D eigenvalue weighted by molar-refractivity contribution is 5.74. The van der Waals surface area contributed by atoms with Crippen LogP contribution in [0.2, 0.25) is 0 Å². The molecule has 4 rings (SSSR count). The maximum Gasteiger partial charge on any atom is 0.416 e. The Morgan fingerprint density at radius 1 is 1.07 bits per heavy atom. The number of alkyl halides is 3. The van der Waals surface area contributed by atoms with Gasteiger partial charge in [0.25, 0.3) is 0 Å². The van der Waals surface area contributed by atoms with Gasteiger partial charge in [-0.1, -0.05) is 0 Å². The van der Waals surface area contributed by atoms with Crippen LogP contribution in [0.3, 0.4) is 0 Å². The zero-order chi connectivity index (χ0) is 20.4. The molecule has 0 atom stereocenters. The largest absolute Gasteiger partial charge is 0.416 e. The van der Waals surface area contributed by atoms with Crippen molar-refractivity contribution in [1.29, 1.82) is 0 Å². The maximum absolute atomic E-state index is 14.4. The van der Waals surface area contributed by atoms with E-state index in [2.05, 4.69) is 25.9 Å². The lowest BCUT2D eigenvalue weighted by Gasteiger charge is -2.37. The predicted molar refractivity (Wildman–Crippen MR) is 99.9 cm³/mol. The minimum absolute atomic E-state index is 0.0204. The molecular weight excluding hydrogens is 388 g/mol. The van der Waals surface area contributed by atoms with Crippen molar-refractivity contribution in [3.05, 3.63) is 59.1 Å². The number of halogens is 4. The lowest BCUT2D eigenvalue weighted by atomic mass is 10.1. The van der Waals surface area contributed by atoms with E-state index >= 15 is 0 Å². The monoisotopic (exact) mass is 408 g/mol. The first-order valence-electron chi connectivity index (χ1n) is 9.26. The normalized spacial score (nSPS) is 17.9. The number of nitrogens with zero attached hydrogens (tertiary/aromatic N) is 3. The lowest BCUT2D eigenvalue weighted by Crippen LogP contribution is -2.47. The van der Waals surface area contributed by atoms with Gasteiger partial charge in [-0.25, -0.2) is 4.39 Å². The van der Waals surface area contributed by atoms with E-state index in [0.29, 0.717) is 48.5 Å². The molecule has 2 aliphatic heterocycles. The van der Waals surface area contributed by atoms with Gasteiger partial charge in [-0.15, -0.1) is 0 Å². The maximum atomic E-state index is 14.4. The van der Waals surface area contributed by atoms with E-state index in [9.17, 15) is 17.6 Å². The summed E-state index contributed by atoms with van der Waals surface area (Å²) < 4.78 is 55.4. The van der Waals surface area contributed by atoms with Crippen molar-refractivity contribution in [3.8, 4) is 0 Å². The number of aromatic nitrogens is 2. The zero-order valence-corrected chi connectivity index (χ0v) is 15.5. The summed E-state index contributed by atoms with van der Waals surface area (Å²) in [6.07, 6.45) is 0.0385. The molecule has 0 aliphatic carbocycles. The van der Waals surface area contributed by atoms with Crippen LogP contribution in [0.25, 0.3) is 11.0 Å². The van der Waals surface area contributed by atoms with Gasteiger partial charge in [0.1, 0.15) is 5.82 Å². The fourth-order valence-corrected chi connectivity index (χ4v) is 3.54. The number of fused-ring (bicyclic) bond motifs is 1. The van der Waals surface area contributed by atoms with E-state index in [1.54, 1.807) is 11.0 Å². The molecule has 154 valence electrons. The average Bonchev–Trinajstić information content (AvgIpc) is 2.72. The molecule has 0 amide bonds. The predicted octanol–water partition coefficient (Wildman–Crippen LogP) is 2.02. The first kappa shape index (κ1) is 19.4. The number of nitrogens with one attached hydrogen (secondary N) is 3. The molecule has 0 radical (unpaired) electrons. The summed E-state index contributed by atoms with van der Waals surface area (Å²) in [6, 6.07) is 2.83. The molecule has 1 fully saturated rings. The average molecular weight is 408 g/mol. The molecule has 2 aromatic rings. The lowest BCUT2D eigenvalue weighted by molar-refractivity contribution is -0.0951. The Balaban J connectivity index is 1.62. The molecule has 1 saturated heterocycles. The fourth-order valence-electron chi connectivity index (χ4n) is 3.54. The Kier molecular flexibility index (Phi) is 5.27. The van der Waals surface area contributed by atoms with Gasteiger partial charge in [-0.3, -0.25) is 9.97 Å². The molecule has 3 heterocycles. The van der Waals surface area contributed by atoms with Crippen molar-refractivity contribution < 1.29 is 17.6 Å². The number of hydrogen-bond acceptors (Lipinski definition) is 6. The third kappa shape index (κ3) is 4.12. The molecule has 1 aromatic carbocycles. The third-order valence-corrected chi connectivity index (χ3v) is 4.95. The Morgan fingerprint density at radius 2 is 1.76 bits per heavy atom. The molecular formula is C19H20F4N6. The van der Waals surface area contributed by atoms with E-state index in [4.69, 9.17) is 0 Å². The van der Waals surface area contributed by atoms with Crippen LogP contribution in [0, 0.1) is 5.82 Å². The van der Waals surface area contributed by atoms with Gasteiger partial charge in [0.2, 0.25) is 0 Å². The fraction of sp³-hybridized carbons (Fsp3) is 0.368. The Hall–Kier alpha value is -2.88. The van der Waals surface area contributed by atoms with Crippen molar-refractivity contribution in [3.63, 3.8) is 0 Å². The second-order valence-electron chi connectivity index (χ2n) is 6.84. The number of piperazine rings is 1. The molecule has 0 spiro atoms. The van der Waals surface area contributed by atoms with Crippen molar-refractivity contribution in [1.82, 2.24) is 30.8 Å². The van der Waals surface area contributed by atoms with Gasteiger partial charge >= 0.3 is 6.18 Å². The van der Waals surface area contributed by atoms with Gasteiger partial charge < -0.3 is 20.9 Å². The van der Waals surface area contributed by atoms with Crippen LogP contribution in [0.1, 0.15) is 5.56 Å². The summed E-state index contributed by atoms with van der Waals surface area (Å²) in [5, 5.41) is 8.80. The molecule has 10 heteroatoms. The molecule has 0 saturated carbocycles. The van der Waals surface area contributed by atoms with Gasteiger partial charge in [0.15, 0.2) is 0 Å². The standard InChI is InChI=1S/C19H20F4N6/c20-14-8-16-15(26-1-2-27-16)7-12(14)9-28-17-11-25-10-13(19(21,22)23)18(17)29-5-3-24-4-6-29/h1-2,7-8,11,24-25,28H,3-6,9-10H2. The van der Waals surface area contributed by atoms with Crippen LogP contribution in [0.5, 0.6) is 0 Å². The quantitative estimate of drug-likeness (QED) is 0.673.